The third-order valence-corrected chi connectivity index (χ3v) is 5.46. The predicted octanol–water partition coefficient (Wildman–Crippen LogP) is 1.35. The lowest BCUT2D eigenvalue weighted by Gasteiger charge is -2.24. The lowest BCUT2D eigenvalue weighted by atomic mass is 9.95. The molecule has 0 aromatic rings. The van der Waals surface area contributed by atoms with Crippen LogP contribution in [0.4, 0.5) is 0 Å². The van der Waals surface area contributed by atoms with E-state index in [0.29, 0.717) is 18.8 Å². The van der Waals surface area contributed by atoms with E-state index in [1.165, 1.54) is 11.8 Å². The van der Waals surface area contributed by atoms with Gasteiger partial charge in [0.1, 0.15) is 0 Å². The van der Waals surface area contributed by atoms with Crippen molar-refractivity contribution in [2.45, 2.75) is 44.4 Å². The minimum absolute atomic E-state index is 0.00672. The van der Waals surface area contributed by atoms with Crippen molar-refractivity contribution < 1.29 is 19.8 Å². The van der Waals surface area contributed by atoms with E-state index in [-0.39, 0.29) is 23.8 Å². The van der Waals surface area contributed by atoms with Crippen LogP contribution in [0, 0.1) is 17.8 Å². The zero-order chi connectivity index (χ0) is 15.3. The summed E-state index contributed by atoms with van der Waals surface area (Å²) in [6, 6.07) is -0.169. The number of nitrogens with one attached hydrogen (secondary N) is 1. The number of carboxylic acid groups (broad SMARTS) is 1. The molecule has 3 N–H and O–H groups in total. The number of aliphatic hydroxyl groups is 1. The second-order valence-corrected chi connectivity index (χ2v) is 6.63. The van der Waals surface area contributed by atoms with Gasteiger partial charge in [-0.2, -0.15) is 11.8 Å². The van der Waals surface area contributed by atoms with Gasteiger partial charge in [-0.3, -0.25) is 9.59 Å². The number of carbonyl (C=O) groups excluding carboxylic acids is 1. The molecule has 0 saturated heterocycles. The van der Waals surface area contributed by atoms with Gasteiger partial charge in [0.05, 0.1) is 18.4 Å². The highest BCUT2D eigenvalue weighted by molar-refractivity contribution is 7.99. The Morgan fingerprint density at radius 2 is 1.95 bits per heavy atom. The molecule has 0 spiro atoms. The number of amides is 1. The first-order chi connectivity index (χ1) is 9.44. The molecule has 0 radical (unpaired) electrons. The highest BCUT2D eigenvalue weighted by atomic mass is 32.2. The molecular formula is C14H25NO4S. The summed E-state index contributed by atoms with van der Waals surface area (Å²) in [5, 5.41) is 21.3. The number of hydrogen-bond acceptors (Lipinski definition) is 4. The molecule has 0 aromatic heterocycles. The Hall–Kier alpha value is -0.750. The Labute approximate surface area is 124 Å². The number of carboxylic acids is 1. The molecule has 116 valence electrons. The highest BCUT2D eigenvalue weighted by Crippen LogP contribution is 2.38. The van der Waals surface area contributed by atoms with Gasteiger partial charge in [-0.1, -0.05) is 13.3 Å². The summed E-state index contributed by atoms with van der Waals surface area (Å²) in [4.78, 5) is 23.6. The van der Waals surface area contributed by atoms with Gasteiger partial charge in [0, 0.05) is 11.3 Å². The topological polar surface area (TPSA) is 86.6 Å². The predicted molar refractivity (Wildman–Crippen MR) is 79.6 cm³/mol. The molecule has 0 aromatic carbocycles. The van der Waals surface area contributed by atoms with E-state index in [2.05, 4.69) is 5.32 Å². The highest BCUT2D eigenvalue weighted by Gasteiger charge is 2.42. The average Bonchev–Trinajstić information content (AvgIpc) is 2.84. The van der Waals surface area contributed by atoms with Crippen LogP contribution in [0.25, 0.3) is 0 Å². The van der Waals surface area contributed by atoms with Crippen molar-refractivity contribution in [1.29, 1.82) is 0 Å². The largest absolute Gasteiger partial charge is 0.481 e. The summed E-state index contributed by atoms with van der Waals surface area (Å²) in [5.74, 6) is -1.77. The molecule has 20 heavy (non-hydrogen) atoms. The summed E-state index contributed by atoms with van der Waals surface area (Å²) in [7, 11) is 0. The van der Waals surface area contributed by atoms with E-state index in [1.54, 1.807) is 0 Å². The Balaban J connectivity index is 2.67. The Morgan fingerprint density at radius 1 is 1.35 bits per heavy atom. The van der Waals surface area contributed by atoms with Gasteiger partial charge in [0.25, 0.3) is 0 Å². The second-order valence-electron chi connectivity index (χ2n) is 5.55. The fraction of sp³-hybridized carbons (Fsp3) is 0.857. The number of thioether (sulfide) groups is 1. The monoisotopic (exact) mass is 303 g/mol. The van der Waals surface area contributed by atoms with Crippen LogP contribution in [-0.4, -0.2) is 46.2 Å². The Bertz CT molecular complexity index is 346. The summed E-state index contributed by atoms with van der Waals surface area (Å²) in [6.45, 7) is 3.87. The Morgan fingerprint density at radius 3 is 2.40 bits per heavy atom. The van der Waals surface area contributed by atoms with Crippen LogP contribution in [-0.2, 0) is 9.59 Å². The van der Waals surface area contributed by atoms with Crippen LogP contribution in [0.2, 0.25) is 0 Å². The third-order valence-electron chi connectivity index (χ3n) is 4.30. The van der Waals surface area contributed by atoms with Crippen LogP contribution in [0.3, 0.4) is 0 Å². The maximum Gasteiger partial charge on any atom is 0.307 e. The third kappa shape index (κ3) is 4.12. The summed E-state index contributed by atoms with van der Waals surface area (Å²) >= 11 is 1.49. The molecule has 0 heterocycles. The fourth-order valence-corrected chi connectivity index (χ4v) is 3.53. The normalized spacial score (nSPS) is 28.9. The summed E-state index contributed by atoms with van der Waals surface area (Å²) in [6.07, 6.45) is 4.03. The van der Waals surface area contributed by atoms with Gasteiger partial charge in [-0.25, -0.2) is 0 Å². The van der Waals surface area contributed by atoms with E-state index < -0.39 is 17.8 Å². The minimum Gasteiger partial charge on any atom is -0.481 e. The lowest BCUT2D eigenvalue weighted by Crippen LogP contribution is -2.45. The molecule has 1 amide bonds. The maximum atomic E-state index is 12.3. The van der Waals surface area contributed by atoms with Crippen molar-refractivity contribution in [3.8, 4) is 0 Å². The molecule has 1 aliphatic carbocycles. The standard InChI is InChI=1S/C14H25NO4S/c1-4-9-5-10(11(6-9)14(18)19)13(17)15-8(2)12(7-16)20-3/h8-12,16H,4-7H2,1-3H3,(H,15,17)(H,18,19)/t8?,9?,10-,11+,12?/m0/s1. The van der Waals surface area contributed by atoms with Crippen molar-refractivity contribution in [3.05, 3.63) is 0 Å². The van der Waals surface area contributed by atoms with Crippen LogP contribution < -0.4 is 5.32 Å². The summed E-state index contributed by atoms with van der Waals surface area (Å²) in [5.41, 5.74) is 0. The molecule has 6 heteroatoms. The molecule has 5 nitrogen and oxygen atoms in total. The van der Waals surface area contributed by atoms with Crippen LogP contribution >= 0.6 is 11.8 Å². The van der Waals surface area contributed by atoms with E-state index in [1.807, 2.05) is 20.1 Å². The molecule has 5 atom stereocenters. The van der Waals surface area contributed by atoms with Crippen molar-refractivity contribution in [2.75, 3.05) is 12.9 Å². The van der Waals surface area contributed by atoms with Crippen LogP contribution in [0.5, 0.6) is 0 Å². The quantitative estimate of drug-likeness (QED) is 0.661. The smallest absolute Gasteiger partial charge is 0.307 e. The van der Waals surface area contributed by atoms with Gasteiger partial charge < -0.3 is 15.5 Å². The van der Waals surface area contributed by atoms with E-state index in [9.17, 15) is 19.8 Å². The first-order valence-electron chi connectivity index (χ1n) is 7.11. The van der Waals surface area contributed by atoms with Crippen molar-refractivity contribution in [2.24, 2.45) is 17.8 Å². The number of aliphatic carboxylic acids is 1. The molecular weight excluding hydrogens is 278 g/mol. The van der Waals surface area contributed by atoms with E-state index in [0.717, 1.165) is 6.42 Å². The fourth-order valence-electron chi connectivity index (χ4n) is 2.90. The van der Waals surface area contributed by atoms with Crippen molar-refractivity contribution in [3.63, 3.8) is 0 Å². The van der Waals surface area contributed by atoms with E-state index >= 15 is 0 Å². The number of rotatable bonds is 7. The first kappa shape index (κ1) is 17.3. The lowest BCUT2D eigenvalue weighted by molar-refractivity contribution is -0.146. The number of hydrogen-bond donors (Lipinski definition) is 3. The van der Waals surface area contributed by atoms with Gasteiger partial charge in [-0.05, 0) is 31.9 Å². The van der Waals surface area contributed by atoms with Crippen LogP contribution in [0.15, 0.2) is 0 Å². The second kappa shape index (κ2) is 7.88. The van der Waals surface area contributed by atoms with Gasteiger partial charge in [-0.15, -0.1) is 0 Å². The zero-order valence-corrected chi connectivity index (χ0v) is 13.2. The minimum atomic E-state index is -0.877. The maximum absolute atomic E-state index is 12.3. The van der Waals surface area contributed by atoms with Gasteiger partial charge in [0.2, 0.25) is 5.91 Å². The van der Waals surface area contributed by atoms with Crippen molar-refractivity contribution in [1.82, 2.24) is 5.32 Å². The molecule has 0 bridgehead atoms. The molecule has 1 rings (SSSR count). The molecule has 3 unspecified atom stereocenters. The molecule has 1 saturated carbocycles. The number of aliphatic hydroxyl groups excluding tert-OH is 1. The van der Waals surface area contributed by atoms with Gasteiger partial charge in [0.15, 0.2) is 0 Å². The average molecular weight is 303 g/mol. The first-order valence-corrected chi connectivity index (χ1v) is 8.40. The molecule has 0 aliphatic heterocycles. The van der Waals surface area contributed by atoms with Crippen molar-refractivity contribution >= 4 is 23.6 Å². The van der Waals surface area contributed by atoms with Crippen LogP contribution in [0.1, 0.15) is 33.1 Å². The molecule has 1 fully saturated rings. The molecule has 1 aliphatic rings. The summed E-state index contributed by atoms with van der Waals surface area (Å²) < 4.78 is 0. The SMILES string of the molecule is CCC1C[C@H](C(=O)NC(C)C(CO)SC)[C@H](C(=O)O)C1. The Kier molecular flexibility index (Phi) is 6.82. The van der Waals surface area contributed by atoms with E-state index in [4.69, 9.17) is 0 Å². The number of carbonyl (C=O) groups is 2. The zero-order valence-electron chi connectivity index (χ0n) is 12.3. The van der Waals surface area contributed by atoms with Gasteiger partial charge >= 0.3 is 5.97 Å².